The predicted molar refractivity (Wildman–Crippen MR) is 123 cm³/mol. The van der Waals surface area contributed by atoms with Gasteiger partial charge in [-0.2, -0.15) is 5.10 Å². The molecule has 0 bridgehead atoms. The third-order valence-electron chi connectivity index (χ3n) is 5.46. The summed E-state index contributed by atoms with van der Waals surface area (Å²) in [6, 6.07) is 14.7. The minimum Gasteiger partial charge on any atom is -0.478 e. The molecular formula is C25H31N3O3. The van der Waals surface area contributed by atoms with Gasteiger partial charge in [0.25, 0.3) is 0 Å². The molecule has 164 valence electrons. The average Bonchev–Trinajstić information content (AvgIpc) is 3.06. The van der Waals surface area contributed by atoms with E-state index in [1.165, 1.54) is 6.42 Å². The van der Waals surface area contributed by atoms with Crippen LogP contribution in [0.1, 0.15) is 67.7 Å². The second kappa shape index (κ2) is 10.8. The van der Waals surface area contributed by atoms with Gasteiger partial charge in [0, 0.05) is 13.0 Å². The van der Waals surface area contributed by atoms with Crippen LogP contribution in [0.2, 0.25) is 0 Å². The van der Waals surface area contributed by atoms with E-state index in [0.717, 1.165) is 49.1 Å². The van der Waals surface area contributed by atoms with Gasteiger partial charge in [-0.3, -0.25) is 4.57 Å². The van der Waals surface area contributed by atoms with Gasteiger partial charge in [0.05, 0.1) is 12.1 Å². The van der Waals surface area contributed by atoms with Crippen molar-refractivity contribution in [2.75, 3.05) is 0 Å². The van der Waals surface area contributed by atoms with Crippen LogP contribution in [0.4, 0.5) is 0 Å². The molecule has 0 amide bonds. The maximum absolute atomic E-state index is 12.9. The van der Waals surface area contributed by atoms with E-state index in [9.17, 15) is 14.7 Å². The van der Waals surface area contributed by atoms with E-state index >= 15 is 0 Å². The molecular weight excluding hydrogens is 390 g/mol. The van der Waals surface area contributed by atoms with Crippen molar-refractivity contribution in [2.24, 2.45) is 0 Å². The Morgan fingerprint density at radius 1 is 0.968 bits per heavy atom. The SMILES string of the molecule is CCCCCCn1nc(CCC)n(Cc2ccc(-c3ccccc3C(=O)O)cc2)c1=O. The molecule has 3 aromatic rings. The summed E-state index contributed by atoms with van der Waals surface area (Å²) >= 11 is 0. The number of unbranched alkanes of at least 4 members (excludes halogenated alkanes) is 3. The Morgan fingerprint density at radius 3 is 2.39 bits per heavy atom. The highest BCUT2D eigenvalue weighted by molar-refractivity contribution is 5.95. The van der Waals surface area contributed by atoms with Gasteiger partial charge >= 0.3 is 11.7 Å². The monoisotopic (exact) mass is 421 g/mol. The van der Waals surface area contributed by atoms with E-state index < -0.39 is 5.97 Å². The van der Waals surface area contributed by atoms with Crippen molar-refractivity contribution >= 4 is 5.97 Å². The Labute approximate surface area is 183 Å². The maximum Gasteiger partial charge on any atom is 0.346 e. The Hall–Kier alpha value is -3.15. The van der Waals surface area contributed by atoms with Crippen molar-refractivity contribution in [2.45, 2.75) is 65.5 Å². The molecule has 0 saturated carbocycles. The standard InChI is InChI=1S/C25H31N3O3/c1-3-5-6-9-17-28-25(31)27(23(26-28)10-4-2)18-19-13-15-20(16-14-19)21-11-7-8-12-22(21)24(29)30/h7-8,11-16H,3-6,9-10,17-18H2,1-2H3,(H,29,30). The summed E-state index contributed by atoms with van der Waals surface area (Å²) in [5, 5.41) is 14.0. The lowest BCUT2D eigenvalue weighted by Gasteiger charge is -2.09. The number of aromatic nitrogens is 3. The molecule has 1 aromatic heterocycles. The van der Waals surface area contributed by atoms with Gasteiger partial charge in [0.2, 0.25) is 0 Å². The number of aromatic carboxylic acids is 1. The molecule has 0 saturated heterocycles. The zero-order valence-electron chi connectivity index (χ0n) is 18.4. The van der Waals surface area contributed by atoms with Gasteiger partial charge in [0.15, 0.2) is 0 Å². The second-order valence-corrected chi connectivity index (χ2v) is 7.87. The maximum atomic E-state index is 12.9. The highest BCUT2D eigenvalue weighted by atomic mass is 16.4. The second-order valence-electron chi connectivity index (χ2n) is 7.87. The number of aryl methyl sites for hydroxylation is 2. The van der Waals surface area contributed by atoms with Crippen molar-refractivity contribution < 1.29 is 9.90 Å². The van der Waals surface area contributed by atoms with Gasteiger partial charge in [-0.05, 0) is 35.6 Å². The van der Waals surface area contributed by atoms with Crippen LogP contribution in [0.25, 0.3) is 11.1 Å². The zero-order chi connectivity index (χ0) is 22.2. The molecule has 0 spiro atoms. The van der Waals surface area contributed by atoms with Gasteiger partial charge in [-0.15, -0.1) is 0 Å². The number of nitrogens with zero attached hydrogens (tertiary/aromatic N) is 3. The lowest BCUT2D eigenvalue weighted by Crippen LogP contribution is -2.26. The molecule has 0 radical (unpaired) electrons. The van der Waals surface area contributed by atoms with Gasteiger partial charge in [0.1, 0.15) is 5.82 Å². The van der Waals surface area contributed by atoms with Crippen molar-refractivity contribution in [3.05, 3.63) is 76.0 Å². The van der Waals surface area contributed by atoms with Crippen molar-refractivity contribution in [1.82, 2.24) is 14.3 Å². The molecule has 6 nitrogen and oxygen atoms in total. The molecule has 1 N–H and O–H groups in total. The quantitative estimate of drug-likeness (QED) is 0.443. The summed E-state index contributed by atoms with van der Waals surface area (Å²) in [4.78, 5) is 24.4. The van der Waals surface area contributed by atoms with Crippen molar-refractivity contribution in [3.8, 4) is 11.1 Å². The Bertz CT molecular complexity index is 1060. The normalized spacial score (nSPS) is 11.0. The average molecular weight is 422 g/mol. The van der Waals surface area contributed by atoms with E-state index in [2.05, 4.69) is 18.9 Å². The van der Waals surface area contributed by atoms with Crippen LogP contribution >= 0.6 is 0 Å². The number of carboxylic acids is 1. The van der Waals surface area contributed by atoms with Gasteiger partial charge in [-0.25, -0.2) is 14.3 Å². The number of hydrogen-bond acceptors (Lipinski definition) is 3. The molecule has 0 aliphatic heterocycles. The molecule has 31 heavy (non-hydrogen) atoms. The summed E-state index contributed by atoms with van der Waals surface area (Å²) < 4.78 is 3.38. The highest BCUT2D eigenvalue weighted by Gasteiger charge is 2.14. The lowest BCUT2D eigenvalue weighted by atomic mass is 9.99. The van der Waals surface area contributed by atoms with E-state index in [1.807, 2.05) is 36.4 Å². The number of carbonyl (C=O) groups is 1. The molecule has 0 unspecified atom stereocenters. The van der Waals surface area contributed by atoms with Crippen LogP contribution in [-0.4, -0.2) is 25.4 Å². The fourth-order valence-corrected chi connectivity index (χ4v) is 3.78. The van der Waals surface area contributed by atoms with E-state index in [-0.39, 0.29) is 11.3 Å². The number of benzene rings is 2. The van der Waals surface area contributed by atoms with Crippen LogP contribution in [0.5, 0.6) is 0 Å². The Balaban J connectivity index is 1.81. The molecule has 1 heterocycles. The molecule has 2 aromatic carbocycles. The van der Waals surface area contributed by atoms with Crippen LogP contribution < -0.4 is 5.69 Å². The minimum absolute atomic E-state index is 0.0553. The minimum atomic E-state index is -0.943. The number of rotatable bonds is 11. The van der Waals surface area contributed by atoms with Crippen LogP contribution in [0.3, 0.4) is 0 Å². The summed E-state index contributed by atoms with van der Waals surface area (Å²) in [5.41, 5.74) is 2.74. The lowest BCUT2D eigenvalue weighted by molar-refractivity contribution is 0.0697. The Morgan fingerprint density at radius 2 is 1.71 bits per heavy atom. The third kappa shape index (κ3) is 5.51. The third-order valence-corrected chi connectivity index (χ3v) is 5.46. The first kappa shape index (κ1) is 22.5. The molecule has 0 aliphatic rings. The number of carboxylic acid groups (broad SMARTS) is 1. The first-order valence-corrected chi connectivity index (χ1v) is 11.1. The molecule has 0 aliphatic carbocycles. The molecule has 6 heteroatoms. The van der Waals surface area contributed by atoms with Gasteiger partial charge < -0.3 is 5.11 Å². The van der Waals surface area contributed by atoms with Gasteiger partial charge in [-0.1, -0.05) is 75.6 Å². The smallest absolute Gasteiger partial charge is 0.346 e. The number of hydrogen-bond donors (Lipinski definition) is 1. The van der Waals surface area contributed by atoms with Crippen molar-refractivity contribution in [3.63, 3.8) is 0 Å². The first-order valence-electron chi connectivity index (χ1n) is 11.1. The summed E-state index contributed by atoms with van der Waals surface area (Å²) in [6.45, 7) is 5.38. The fourth-order valence-electron chi connectivity index (χ4n) is 3.78. The van der Waals surface area contributed by atoms with Crippen LogP contribution in [0.15, 0.2) is 53.3 Å². The summed E-state index contributed by atoms with van der Waals surface area (Å²) in [6.07, 6.45) is 6.11. The van der Waals surface area contributed by atoms with E-state index in [4.69, 9.17) is 0 Å². The first-order chi connectivity index (χ1) is 15.0. The molecule has 3 rings (SSSR count). The van der Waals surface area contributed by atoms with Crippen molar-refractivity contribution in [1.29, 1.82) is 0 Å². The van der Waals surface area contributed by atoms with E-state index in [1.54, 1.807) is 21.4 Å². The van der Waals surface area contributed by atoms with E-state index in [0.29, 0.717) is 18.7 Å². The molecule has 0 atom stereocenters. The summed E-state index contributed by atoms with van der Waals surface area (Å²) in [7, 11) is 0. The largest absolute Gasteiger partial charge is 0.478 e. The van der Waals surface area contributed by atoms with Crippen LogP contribution in [0, 0.1) is 0 Å². The van der Waals surface area contributed by atoms with Crippen LogP contribution in [-0.2, 0) is 19.5 Å². The highest BCUT2D eigenvalue weighted by Crippen LogP contribution is 2.24. The summed E-state index contributed by atoms with van der Waals surface area (Å²) in [5.74, 6) is -0.120. The Kier molecular flexibility index (Phi) is 7.82. The zero-order valence-corrected chi connectivity index (χ0v) is 18.4. The topological polar surface area (TPSA) is 77.1 Å². The molecule has 0 fully saturated rings. The predicted octanol–water partition coefficient (Wildman–Crippen LogP) is 4.99. The fraction of sp³-hybridized carbons (Fsp3) is 0.400.